The zero-order valence-corrected chi connectivity index (χ0v) is 9.58. The van der Waals surface area contributed by atoms with E-state index in [2.05, 4.69) is 19.1 Å². The number of ether oxygens (including phenoxy) is 2. The molecule has 3 rings (SSSR count). The Labute approximate surface area is 95.5 Å². The summed E-state index contributed by atoms with van der Waals surface area (Å²) in [6.07, 6.45) is 3.09. The zero-order chi connectivity index (χ0) is 11.2. The summed E-state index contributed by atoms with van der Waals surface area (Å²) in [6.45, 7) is 3.52. The Bertz CT molecular complexity index is 424. The summed E-state index contributed by atoms with van der Waals surface area (Å²) in [6, 6.07) is 4.20. The average molecular weight is 219 g/mol. The zero-order valence-electron chi connectivity index (χ0n) is 9.58. The Morgan fingerprint density at radius 1 is 1.19 bits per heavy atom. The molecule has 86 valence electrons. The minimum atomic E-state index is -0.102. The van der Waals surface area contributed by atoms with Crippen LogP contribution < -0.4 is 15.2 Å². The molecular weight excluding hydrogens is 202 g/mol. The number of aryl methyl sites for hydroxylation is 1. The molecule has 0 spiro atoms. The minimum Gasteiger partial charge on any atom is -0.490 e. The second kappa shape index (κ2) is 3.39. The van der Waals surface area contributed by atoms with Crippen LogP contribution >= 0.6 is 0 Å². The Morgan fingerprint density at radius 2 is 1.94 bits per heavy atom. The molecule has 1 fully saturated rings. The Morgan fingerprint density at radius 3 is 2.69 bits per heavy atom. The quantitative estimate of drug-likeness (QED) is 0.786. The molecule has 0 radical (unpaired) electrons. The minimum absolute atomic E-state index is 0.102. The van der Waals surface area contributed by atoms with Crippen LogP contribution in [0.25, 0.3) is 0 Å². The van der Waals surface area contributed by atoms with Crippen LogP contribution in [0.2, 0.25) is 0 Å². The van der Waals surface area contributed by atoms with Crippen LogP contribution in [0.4, 0.5) is 0 Å². The summed E-state index contributed by atoms with van der Waals surface area (Å²) in [7, 11) is 0. The van der Waals surface area contributed by atoms with Gasteiger partial charge in [0.15, 0.2) is 11.5 Å². The van der Waals surface area contributed by atoms with E-state index in [1.807, 2.05) is 0 Å². The highest BCUT2D eigenvalue weighted by molar-refractivity contribution is 5.51. The van der Waals surface area contributed by atoms with Crippen LogP contribution in [0.3, 0.4) is 0 Å². The first kappa shape index (κ1) is 9.97. The van der Waals surface area contributed by atoms with Crippen LogP contribution in [0.5, 0.6) is 11.5 Å². The van der Waals surface area contributed by atoms with Gasteiger partial charge in [-0.05, 0) is 37.0 Å². The van der Waals surface area contributed by atoms with E-state index in [0.29, 0.717) is 0 Å². The maximum atomic E-state index is 6.21. The molecule has 0 unspecified atom stereocenters. The van der Waals surface area contributed by atoms with Crippen molar-refractivity contribution in [1.29, 1.82) is 0 Å². The second-order valence-corrected chi connectivity index (χ2v) is 4.83. The topological polar surface area (TPSA) is 44.5 Å². The maximum absolute atomic E-state index is 6.21. The lowest BCUT2D eigenvalue weighted by molar-refractivity contribution is 0.296. The number of fused-ring (bicyclic) bond motifs is 1. The maximum Gasteiger partial charge on any atom is 0.164 e. The lowest BCUT2D eigenvalue weighted by Gasteiger charge is -2.15. The van der Waals surface area contributed by atoms with Gasteiger partial charge in [-0.1, -0.05) is 6.07 Å². The van der Waals surface area contributed by atoms with Crippen molar-refractivity contribution in [3.63, 3.8) is 0 Å². The van der Waals surface area contributed by atoms with Gasteiger partial charge in [-0.25, -0.2) is 0 Å². The molecule has 0 aromatic heterocycles. The van der Waals surface area contributed by atoms with Gasteiger partial charge in [0.2, 0.25) is 0 Å². The van der Waals surface area contributed by atoms with Crippen molar-refractivity contribution in [3.05, 3.63) is 23.3 Å². The molecule has 1 aromatic carbocycles. The van der Waals surface area contributed by atoms with Crippen LogP contribution in [-0.2, 0) is 5.54 Å². The smallest absolute Gasteiger partial charge is 0.164 e. The number of nitrogens with two attached hydrogens (primary N) is 1. The van der Waals surface area contributed by atoms with Gasteiger partial charge >= 0.3 is 0 Å². The number of hydrogen-bond donors (Lipinski definition) is 1. The lowest BCUT2D eigenvalue weighted by atomic mass is 10.0. The van der Waals surface area contributed by atoms with Gasteiger partial charge in [-0.15, -0.1) is 0 Å². The second-order valence-electron chi connectivity index (χ2n) is 4.83. The highest BCUT2D eigenvalue weighted by Gasteiger charge is 2.40. The molecule has 3 nitrogen and oxygen atoms in total. The van der Waals surface area contributed by atoms with E-state index in [0.717, 1.165) is 49.5 Å². The fraction of sp³-hybridized carbons (Fsp3) is 0.538. The summed E-state index contributed by atoms with van der Waals surface area (Å²) < 4.78 is 11.4. The summed E-state index contributed by atoms with van der Waals surface area (Å²) in [4.78, 5) is 0. The number of hydrogen-bond acceptors (Lipinski definition) is 3. The molecular formula is C13H17NO2. The Kier molecular flexibility index (Phi) is 2.11. The van der Waals surface area contributed by atoms with Crippen LogP contribution in [0.1, 0.15) is 30.4 Å². The summed E-state index contributed by atoms with van der Waals surface area (Å²) >= 11 is 0. The molecule has 2 N–H and O–H groups in total. The van der Waals surface area contributed by atoms with Crippen molar-refractivity contribution >= 4 is 0 Å². The van der Waals surface area contributed by atoms with Crippen LogP contribution in [0.15, 0.2) is 12.1 Å². The van der Waals surface area contributed by atoms with Crippen molar-refractivity contribution < 1.29 is 9.47 Å². The first-order valence-electron chi connectivity index (χ1n) is 5.89. The molecule has 0 amide bonds. The molecule has 1 aliphatic heterocycles. The standard InChI is InChI=1S/C13H17NO2/c1-9-7-10(13(14)3-4-13)8-11-12(9)16-6-2-5-15-11/h7-8H,2-6,14H2,1H3. The van der Waals surface area contributed by atoms with Crippen molar-refractivity contribution in [1.82, 2.24) is 0 Å². The first-order chi connectivity index (χ1) is 7.69. The monoisotopic (exact) mass is 219 g/mol. The third kappa shape index (κ3) is 1.55. The summed E-state index contributed by atoms with van der Waals surface area (Å²) in [5, 5.41) is 0. The van der Waals surface area contributed by atoms with E-state index in [9.17, 15) is 0 Å². The number of rotatable bonds is 1. The average Bonchev–Trinajstić information content (AvgIpc) is 3.02. The van der Waals surface area contributed by atoms with Gasteiger partial charge in [-0.3, -0.25) is 0 Å². The third-order valence-electron chi connectivity index (χ3n) is 3.40. The third-order valence-corrected chi connectivity index (χ3v) is 3.40. The largest absolute Gasteiger partial charge is 0.490 e. The van der Waals surface area contributed by atoms with E-state index in [1.54, 1.807) is 0 Å². The summed E-state index contributed by atoms with van der Waals surface area (Å²) in [5.74, 6) is 1.76. The van der Waals surface area contributed by atoms with E-state index in [1.165, 1.54) is 5.56 Å². The normalized spacial score (nSPS) is 21.4. The Balaban J connectivity index is 2.05. The predicted octanol–water partition coefficient (Wildman–Crippen LogP) is 2.10. The number of benzene rings is 1. The fourth-order valence-corrected chi connectivity index (χ4v) is 2.16. The highest BCUT2D eigenvalue weighted by Crippen LogP contribution is 2.46. The highest BCUT2D eigenvalue weighted by atomic mass is 16.5. The lowest BCUT2D eigenvalue weighted by Crippen LogP contribution is -2.19. The summed E-state index contributed by atoms with van der Waals surface area (Å²) in [5.41, 5.74) is 8.43. The van der Waals surface area contributed by atoms with Gasteiger partial charge in [0.1, 0.15) is 0 Å². The van der Waals surface area contributed by atoms with Gasteiger partial charge in [0.05, 0.1) is 13.2 Å². The molecule has 1 heterocycles. The molecule has 0 saturated heterocycles. The van der Waals surface area contributed by atoms with Crippen molar-refractivity contribution in [2.24, 2.45) is 5.73 Å². The molecule has 16 heavy (non-hydrogen) atoms. The molecule has 3 heteroatoms. The first-order valence-corrected chi connectivity index (χ1v) is 5.89. The van der Waals surface area contributed by atoms with E-state index < -0.39 is 0 Å². The van der Waals surface area contributed by atoms with E-state index in [-0.39, 0.29) is 5.54 Å². The molecule has 1 aliphatic carbocycles. The van der Waals surface area contributed by atoms with Crippen LogP contribution in [-0.4, -0.2) is 13.2 Å². The van der Waals surface area contributed by atoms with Crippen molar-refractivity contribution in [3.8, 4) is 11.5 Å². The Hall–Kier alpha value is -1.22. The predicted molar refractivity (Wildman–Crippen MR) is 61.9 cm³/mol. The van der Waals surface area contributed by atoms with Crippen molar-refractivity contribution in [2.45, 2.75) is 31.7 Å². The van der Waals surface area contributed by atoms with Gasteiger partial charge in [-0.2, -0.15) is 0 Å². The van der Waals surface area contributed by atoms with Gasteiger partial charge in [0.25, 0.3) is 0 Å². The van der Waals surface area contributed by atoms with Crippen LogP contribution in [0, 0.1) is 6.92 Å². The SMILES string of the molecule is Cc1cc(C2(N)CC2)cc2c1OCCCO2. The molecule has 2 aliphatic rings. The van der Waals surface area contributed by atoms with Crippen molar-refractivity contribution in [2.75, 3.05) is 13.2 Å². The van der Waals surface area contributed by atoms with Gasteiger partial charge < -0.3 is 15.2 Å². The molecule has 1 saturated carbocycles. The van der Waals surface area contributed by atoms with Gasteiger partial charge in [0, 0.05) is 12.0 Å². The van der Waals surface area contributed by atoms with E-state index in [4.69, 9.17) is 15.2 Å². The molecule has 0 atom stereocenters. The molecule has 1 aromatic rings. The fourth-order valence-electron chi connectivity index (χ4n) is 2.16. The van der Waals surface area contributed by atoms with E-state index >= 15 is 0 Å². The molecule has 0 bridgehead atoms.